The summed E-state index contributed by atoms with van der Waals surface area (Å²) in [6.45, 7) is 5.34. The first-order chi connectivity index (χ1) is 6.53. The molecule has 0 aromatic carbocycles. The van der Waals surface area contributed by atoms with Crippen molar-refractivity contribution in [3.63, 3.8) is 0 Å². The van der Waals surface area contributed by atoms with Gasteiger partial charge in [-0.1, -0.05) is 0 Å². The molecule has 2 nitrogen and oxygen atoms in total. The lowest BCUT2D eigenvalue weighted by molar-refractivity contribution is 0.102. The van der Waals surface area contributed by atoms with Gasteiger partial charge in [-0.3, -0.25) is 0 Å². The molecule has 2 N–H and O–H groups in total. The van der Waals surface area contributed by atoms with E-state index in [0.29, 0.717) is 6.61 Å². The summed E-state index contributed by atoms with van der Waals surface area (Å²) >= 11 is 5.17. The van der Waals surface area contributed by atoms with Gasteiger partial charge < -0.3 is 10.5 Å². The Morgan fingerprint density at radius 2 is 2.29 bits per heavy atom. The van der Waals surface area contributed by atoms with Crippen molar-refractivity contribution in [2.45, 2.75) is 25.8 Å². The van der Waals surface area contributed by atoms with Gasteiger partial charge >= 0.3 is 0 Å². The molecule has 1 aromatic rings. The van der Waals surface area contributed by atoms with Crippen LogP contribution in [0.3, 0.4) is 0 Å². The van der Waals surface area contributed by atoms with E-state index in [0.717, 1.165) is 16.8 Å². The minimum atomic E-state index is -0.264. The van der Waals surface area contributed by atoms with Crippen molar-refractivity contribution >= 4 is 27.3 Å². The molecule has 0 aliphatic heterocycles. The van der Waals surface area contributed by atoms with Crippen LogP contribution in [0.2, 0.25) is 0 Å². The molecule has 80 valence electrons. The Hall–Kier alpha value is 0.1000. The van der Waals surface area contributed by atoms with Crippen LogP contribution in [0.1, 0.15) is 18.7 Å². The van der Waals surface area contributed by atoms with Crippen molar-refractivity contribution in [2.75, 3.05) is 13.2 Å². The van der Waals surface area contributed by atoms with Gasteiger partial charge in [0, 0.05) is 23.4 Å². The van der Waals surface area contributed by atoms with Crippen LogP contribution in [0.5, 0.6) is 0 Å². The second kappa shape index (κ2) is 5.26. The maximum absolute atomic E-state index is 6.11. The van der Waals surface area contributed by atoms with Gasteiger partial charge in [0.1, 0.15) is 0 Å². The zero-order chi connectivity index (χ0) is 10.6. The molecule has 4 heteroatoms. The van der Waals surface area contributed by atoms with E-state index in [2.05, 4.69) is 28.1 Å². The number of rotatable bonds is 5. The number of nitrogens with two attached hydrogens (primary N) is 1. The summed E-state index contributed by atoms with van der Waals surface area (Å²) in [7, 11) is 0. The van der Waals surface area contributed by atoms with Gasteiger partial charge in [-0.2, -0.15) is 0 Å². The average molecular weight is 278 g/mol. The average Bonchev–Trinajstić information content (AvgIpc) is 2.47. The molecule has 0 aliphatic rings. The lowest BCUT2D eigenvalue weighted by Crippen LogP contribution is -2.43. The first-order valence-electron chi connectivity index (χ1n) is 4.64. The Bertz CT molecular complexity index is 285. The predicted octanol–water partition coefficient (Wildman–Crippen LogP) is 2.81. The summed E-state index contributed by atoms with van der Waals surface area (Å²) in [6, 6.07) is 4.16. The smallest absolute Gasteiger partial charge is 0.0701 e. The molecule has 1 aromatic heterocycles. The standard InChI is InChI=1S/C10H16BrNOS/c1-3-13-7-10(2,12)6-8-4-5-9(11)14-8/h4-5H,3,6-7,12H2,1-2H3. The lowest BCUT2D eigenvalue weighted by atomic mass is 10.00. The SMILES string of the molecule is CCOCC(C)(N)Cc1ccc(Br)s1. The zero-order valence-electron chi connectivity index (χ0n) is 8.55. The number of hydrogen-bond donors (Lipinski definition) is 1. The van der Waals surface area contributed by atoms with Crippen molar-refractivity contribution in [1.29, 1.82) is 0 Å². The van der Waals surface area contributed by atoms with E-state index in [4.69, 9.17) is 10.5 Å². The highest BCUT2D eigenvalue weighted by molar-refractivity contribution is 9.11. The minimum absolute atomic E-state index is 0.264. The Labute approximate surface area is 97.6 Å². The van der Waals surface area contributed by atoms with Crippen molar-refractivity contribution in [3.8, 4) is 0 Å². The molecule has 0 fully saturated rings. The Kier molecular flexibility index (Phi) is 4.57. The summed E-state index contributed by atoms with van der Waals surface area (Å²) < 4.78 is 6.50. The number of thiophene rings is 1. The highest BCUT2D eigenvalue weighted by atomic mass is 79.9. The summed E-state index contributed by atoms with van der Waals surface area (Å²) in [5.41, 5.74) is 5.85. The molecular formula is C10H16BrNOS. The normalized spacial score (nSPS) is 15.4. The van der Waals surface area contributed by atoms with Crippen LogP contribution >= 0.6 is 27.3 Å². The van der Waals surface area contributed by atoms with Crippen LogP contribution in [0, 0.1) is 0 Å². The van der Waals surface area contributed by atoms with Crippen LogP contribution in [-0.4, -0.2) is 18.8 Å². The van der Waals surface area contributed by atoms with E-state index in [1.807, 2.05) is 13.8 Å². The van der Waals surface area contributed by atoms with Gasteiger partial charge in [-0.05, 0) is 41.9 Å². The second-order valence-corrected chi connectivity index (χ2v) is 6.22. The topological polar surface area (TPSA) is 35.2 Å². The second-order valence-electron chi connectivity index (χ2n) is 3.67. The molecule has 0 amide bonds. The Balaban J connectivity index is 2.49. The van der Waals surface area contributed by atoms with E-state index in [1.54, 1.807) is 11.3 Å². The molecule has 0 aliphatic carbocycles. The summed E-state index contributed by atoms with van der Waals surface area (Å²) in [4.78, 5) is 1.29. The predicted molar refractivity (Wildman–Crippen MR) is 64.8 cm³/mol. The number of halogens is 1. The van der Waals surface area contributed by atoms with Crippen LogP contribution < -0.4 is 5.73 Å². The van der Waals surface area contributed by atoms with Crippen molar-refractivity contribution < 1.29 is 4.74 Å². The van der Waals surface area contributed by atoms with E-state index >= 15 is 0 Å². The third-order valence-electron chi connectivity index (χ3n) is 1.84. The third-order valence-corrected chi connectivity index (χ3v) is 3.47. The van der Waals surface area contributed by atoms with E-state index in [9.17, 15) is 0 Å². The zero-order valence-corrected chi connectivity index (χ0v) is 11.0. The monoisotopic (exact) mass is 277 g/mol. The molecule has 0 saturated carbocycles. The lowest BCUT2D eigenvalue weighted by Gasteiger charge is -2.23. The van der Waals surface area contributed by atoms with Crippen LogP contribution in [-0.2, 0) is 11.2 Å². The number of ether oxygens (including phenoxy) is 1. The van der Waals surface area contributed by atoms with Gasteiger partial charge in [0.2, 0.25) is 0 Å². The largest absolute Gasteiger partial charge is 0.380 e. The van der Waals surface area contributed by atoms with Crippen molar-refractivity contribution in [1.82, 2.24) is 0 Å². The highest BCUT2D eigenvalue weighted by Crippen LogP contribution is 2.24. The minimum Gasteiger partial charge on any atom is -0.380 e. The Morgan fingerprint density at radius 1 is 1.57 bits per heavy atom. The molecule has 14 heavy (non-hydrogen) atoms. The maximum atomic E-state index is 6.11. The molecule has 0 saturated heterocycles. The van der Waals surface area contributed by atoms with E-state index in [-0.39, 0.29) is 5.54 Å². The van der Waals surface area contributed by atoms with E-state index < -0.39 is 0 Å². The molecule has 1 heterocycles. The first-order valence-corrected chi connectivity index (χ1v) is 6.25. The Morgan fingerprint density at radius 3 is 2.79 bits per heavy atom. The third kappa shape index (κ3) is 4.09. The van der Waals surface area contributed by atoms with Gasteiger partial charge in [0.25, 0.3) is 0 Å². The van der Waals surface area contributed by atoms with Crippen LogP contribution in [0.25, 0.3) is 0 Å². The fourth-order valence-corrected chi connectivity index (χ4v) is 2.91. The maximum Gasteiger partial charge on any atom is 0.0701 e. The van der Waals surface area contributed by atoms with Gasteiger partial charge in [0.05, 0.1) is 10.4 Å². The summed E-state index contributed by atoms with van der Waals surface area (Å²) in [6.07, 6.45) is 0.864. The molecular weight excluding hydrogens is 262 g/mol. The van der Waals surface area contributed by atoms with Crippen molar-refractivity contribution in [3.05, 3.63) is 20.8 Å². The highest BCUT2D eigenvalue weighted by Gasteiger charge is 2.19. The molecule has 1 rings (SSSR count). The summed E-state index contributed by atoms with van der Waals surface area (Å²) in [5, 5.41) is 0. The van der Waals surface area contributed by atoms with Gasteiger partial charge in [0.15, 0.2) is 0 Å². The fourth-order valence-electron chi connectivity index (χ4n) is 1.23. The van der Waals surface area contributed by atoms with Crippen LogP contribution in [0.15, 0.2) is 15.9 Å². The molecule has 0 spiro atoms. The molecule has 0 bridgehead atoms. The quantitative estimate of drug-likeness (QED) is 0.899. The van der Waals surface area contributed by atoms with Gasteiger partial charge in [-0.25, -0.2) is 0 Å². The molecule has 1 atom stereocenters. The molecule has 0 radical (unpaired) electrons. The van der Waals surface area contributed by atoms with Gasteiger partial charge in [-0.15, -0.1) is 11.3 Å². The summed E-state index contributed by atoms with van der Waals surface area (Å²) in [5.74, 6) is 0. The van der Waals surface area contributed by atoms with Crippen LogP contribution in [0.4, 0.5) is 0 Å². The molecule has 1 unspecified atom stereocenters. The number of hydrogen-bond acceptors (Lipinski definition) is 3. The fraction of sp³-hybridized carbons (Fsp3) is 0.600. The van der Waals surface area contributed by atoms with Crippen molar-refractivity contribution in [2.24, 2.45) is 5.73 Å². The first kappa shape index (κ1) is 12.2. The van der Waals surface area contributed by atoms with E-state index in [1.165, 1.54) is 4.88 Å².